The number of fused-ring (bicyclic) bond motifs is 1. The van der Waals surface area contributed by atoms with Gasteiger partial charge in [0.25, 0.3) is 5.91 Å². The first-order chi connectivity index (χ1) is 16.4. The van der Waals surface area contributed by atoms with Crippen LogP contribution >= 0.6 is 0 Å². The maximum atomic E-state index is 12.8. The lowest BCUT2D eigenvalue weighted by molar-refractivity contribution is 0.0683. The summed E-state index contributed by atoms with van der Waals surface area (Å²) in [7, 11) is 3.14. The fraction of sp³-hybridized carbons (Fsp3) is 0.185. The van der Waals surface area contributed by atoms with Crippen molar-refractivity contribution in [2.24, 2.45) is 0 Å². The zero-order valence-electron chi connectivity index (χ0n) is 19.3. The minimum absolute atomic E-state index is 0.0762. The normalized spacial score (nSPS) is 10.8. The molecule has 7 heteroatoms. The van der Waals surface area contributed by atoms with Gasteiger partial charge in [-0.1, -0.05) is 30.3 Å². The maximum Gasteiger partial charge on any atom is 0.352 e. The van der Waals surface area contributed by atoms with Crippen LogP contribution in [-0.2, 0) is 13.1 Å². The molecule has 34 heavy (non-hydrogen) atoms. The molecule has 0 spiro atoms. The van der Waals surface area contributed by atoms with Gasteiger partial charge in [-0.2, -0.15) is 0 Å². The van der Waals surface area contributed by atoms with Gasteiger partial charge in [0.2, 0.25) is 0 Å². The molecule has 1 amide bonds. The lowest BCUT2D eigenvalue weighted by Crippen LogP contribution is -2.24. The Morgan fingerprint density at radius 1 is 0.941 bits per heavy atom. The number of carboxylic acids is 1. The number of ether oxygens (including phenoxy) is 2. The van der Waals surface area contributed by atoms with Crippen LogP contribution in [-0.4, -0.2) is 35.8 Å². The molecular formula is C27H26N2O5. The Kier molecular flexibility index (Phi) is 6.54. The lowest BCUT2D eigenvalue weighted by Gasteiger charge is -2.11. The minimum atomic E-state index is -1.05. The quantitative estimate of drug-likeness (QED) is 0.401. The molecule has 0 saturated heterocycles. The highest BCUT2D eigenvalue weighted by Crippen LogP contribution is 2.29. The Morgan fingerprint density at radius 3 is 2.35 bits per heavy atom. The largest absolute Gasteiger partial charge is 0.497 e. The van der Waals surface area contributed by atoms with E-state index in [-0.39, 0.29) is 18.1 Å². The fourth-order valence-corrected chi connectivity index (χ4v) is 4.07. The SMILES string of the molecule is COc1ccc(Cn2c(C(=O)O)c(CNC(=O)c3cccc(OC)c3)c3ccc(C)cc32)cc1. The highest BCUT2D eigenvalue weighted by atomic mass is 16.5. The van der Waals surface area contributed by atoms with E-state index in [9.17, 15) is 14.7 Å². The molecule has 0 aliphatic heterocycles. The third-order valence-electron chi connectivity index (χ3n) is 5.78. The van der Waals surface area contributed by atoms with Crippen LogP contribution in [0, 0.1) is 6.92 Å². The fourth-order valence-electron chi connectivity index (χ4n) is 4.07. The number of hydrogen-bond acceptors (Lipinski definition) is 4. The van der Waals surface area contributed by atoms with Crippen molar-refractivity contribution in [1.82, 2.24) is 9.88 Å². The van der Waals surface area contributed by atoms with E-state index in [2.05, 4.69) is 5.32 Å². The van der Waals surface area contributed by atoms with Gasteiger partial charge >= 0.3 is 5.97 Å². The third kappa shape index (κ3) is 4.59. The van der Waals surface area contributed by atoms with E-state index in [0.717, 1.165) is 27.8 Å². The Bertz CT molecular complexity index is 1360. The number of rotatable bonds is 8. The number of nitrogens with one attached hydrogen (secondary N) is 1. The Morgan fingerprint density at radius 2 is 1.68 bits per heavy atom. The van der Waals surface area contributed by atoms with Crippen LogP contribution in [0.1, 0.15) is 37.5 Å². The summed E-state index contributed by atoms with van der Waals surface area (Å²) in [6, 6.07) is 20.2. The highest BCUT2D eigenvalue weighted by Gasteiger charge is 2.23. The zero-order valence-corrected chi connectivity index (χ0v) is 19.3. The summed E-state index contributed by atoms with van der Waals surface area (Å²) in [5, 5.41) is 13.8. The molecule has 1 heterocycles. The van der Waals surface area contributed by atoms with Crippen molar-refractivity contribution in [2.45, 2.75) is 20.0 Å². The molecule has 4 rings (SSSR count). The average molecular weight is 459 g/mol. The molecule has 0 atom stereocenters. The molecule has 0 radical (unpaired) electrons. The number of hydrogen-bond donors (Lipinski definition) is 2. The molecule has 0 fully saturated rings. The molecule has 4 aromatic rings. The molecule has 2 N–H and O–H groups in total. The van der Waals surface area contributed by atoms with Crippen LogP contribution in [0.2, 0.25) is 0 Å². The molecule has 174 valence electrons. The van der Waals surface area contributed by atoms with Gasteiger partial charge in [0.05, 0.1) is 14.2 Å². The second kappa shape index (κ2) is 9.70. The summed E-state index contributed by atoms with van der Waals surface area (Å²) >= 11 is 0. The predicted octanol–water partition coefficient (Wildman–Crippen LogP) is 4.64. The van der Waals surface area contributed by atoms with Gasteiger partial charge in [0, 0.05) is 35.1 Å². The zero-order chi connectivity index (χ0) is 24.2. The third-order valence-corrected chi connectivity index (χ3v) is 5.78. The van der Waals surface area contributed by atoms with Crippen molar-refractivity contribution in [3.63, 3.8) is 0 Å². The van der Waals surface area contributed by atoms with Crippen molar-refractivity contribution < 1.29 is 24.2 Å². The summed E-state index contributed by atoms with van der Waals surface area (Å²) in [5.74, 6) is -0.0480. The molecule has 3 aromatic carbocycles. The number of carbonyl (C=O) groups is 2. The monoisotopic (exact) mass is 458 g/mol. The van der Waals surface area contributed by atoms with Gasteiger partial charge in [-0.15, -0.1) is 0 Å². The maximum absolute atomic E-state index is 12.8. The van der Waals surface area contributed by atoms with Crippen LogP contribution in [0.4, 0.5) is 0 Å². The summed E-state index contributed by atoms with van der Waals surface area (Å²) in [4.78, 5) is 25.2. The van der Waals surface area contributed by atoms with Crippen LogP contribution in [0.25, 0.3) is 10.9 Å². The Labute approximate surface area is 197 Å². The number of nitrogens with zero attached hydrogens (tertiary/aromatic N) is 1. The molecule has 0 saturated carbocycles. The Balaban J connectivity index is 1.73. The first-order valence-corrected chi connectivity index (χ1v) is 10.8. The van der Waals surface area contributed by atoms with Gasteiger partial charge in [-0.05, 0) is 54.4 Å². The summed E-state index contributed by atoms with van der Waals surface area (Å²) in [5.41, 5.74) is 3.92. The van der Waals surface area contributed by atoms with Gasteiger partial charge in [0.1, 0.15) is 17.2 Å². The molecule has 0 aliphatic carbocycles. The molecule has 0 bridgehead atoms. The van der Waals surface area contributed by atoms with Crippen molar-refractivity contribution in [2.75, 3.05) is 14.2 Å². The van der Waals surface area contributed by atoms with E-state index < -0.39 is 5.97 Å². The van der Waals surface area contributed by atoms with Crippen molar-refractivity contribution >= 4 is 22.8 Å². The van der Waals surface area contributed by atoms with E-state index in [1.54, 1.807) is 35.9 Å². The number of aromatic nitrogens is 1. The smallest absolute Gasteiger partial charge is 0.352 e. The van der Waals surface area contributed by atoms with Gasteiger partial charge in [-0.3, -0.25) is 4.79 Å². The number of benzene rings is 3. The van der Waals surface area contributed by atoms with Crippen molar-refractivity contribution in [1.29, 1.82) is 0 Å². The highest BCUT2D eigenvalue weighted by molar-refractivity contribution is 5.99. The topological polar surface area (TPSA) is 89.8 Å². The number of carboxylic acid groups (broad SMARTS) is 1. The first kappa shape index (κ1) is 22.9. The number of carbonyl (C=O) groups excluding carboxylic acids is 1. The molecule has 1 aromatic heterocycles. The van der Waals surface area contributed by atoms with E-state index in [1.165, 1.54) is 7.11 Å². The summed E-state index contributed by atoms with van der Waals surface area (Å²) < 4.78 is 12.2. The molecular weight excluding hydrogens is 432 g/mol. The van der Waals surface area contributed by atoms with Crippen LogP contribution in [0.3, 0.4) is 0 Å². The van der Waals surface area contributed by atoms with Gasteiger partial charge in [-0.25, -0.2) is 4.79 Å². The molecule has 7 nitrogen and oxygen atoms in total. The van der Waals surface area contributed by atoms with Gasteiger partial charge in [0.15, 0.2) is 0 Å². The number of methoxy groups -OCH3 is 2. The molecule has 0 unspecified atom stereocenters. The lowest BCUT2D eigenvalue weighted by atomic mass is 10.1. The summed E-state index contributed by atoms with van der Waals surface area (Å²) in [6.45, 7) is 2.41. The van der Waals surface area contributed by atoms with Crippen LogP contribution in [0.15, 0.2) is 66.7 Å². The minimum Gasteiger partial charge on any atom is -0.497 e. The summed E-state index contributed by atoms with van der Waals surface area (Å²) in [6.07, 6.45) is 0. The average Bonchev–Trinajstić information content (AvgIpc) is 3.15. The van der Waals surface area contributed by atoms with E-state index >= 15 is 0 Å². The number of aryl methyl sites for hydroxylation is 1. The second-order valence-corrected chi connectivity index (χ2v) is 8.00. The van der Waals surface area contributed by atoms with E-state index in [1.807, 2.05) is 49.4 Å². The predicted molar refractivity (Wildman–Crippen MR) is 130 cm³/mol. The number of amides is 1. The second-order valence-electron chi connectivity index (χ2n) is 8.00. The van der Waals surface area contributed by atoms with E-state index in [0.29, 0.717) is 23.4 Å². The van der Waals surface area contributed by atoms with Crippen LogP contribution in [0.5, 0.6) is 11.5 Å². The standard InChI is InChI=1S/C27H26N2O5/c1-17-7-12-22-23(15-28-26(30)19-5-4-6-21(14-19)34-3)25(27(31)32)29(24(22)13-17)16-18-8-10-20(33-2)11-9-18/h4-14H,15-16H2,1-3H3,(H,28,30)(H,31,32). The first-order valence-electron chi connectivity index (χ1n) is 10.8. The van der Waals surface area contributed by atoms with Crippen molar-refractivity contribution in [3.05, 3.63) is 94.7 Å². The molecule has 0 aliphatic rings. The van der Waals surface area contributed by atoms with Crippen LogP contribution < -0.4 is 14.8 Å². The van der Waals surface area contributed by atoms with Crippen molar-refractivity contribution in [3.8, 4) is 11.5 Å². The van der Waals surface area contributed by atoms with Gasteiger partial charge < -0.3 is 24.5 Å². The van der Waals surface area contributed by atoms with E-state index in [4.69, 9.17) is 9.47 Å². The number of aromatic carboxylic acids is 1. The Hall–Kier alpha value is -4.26.